The van der Waals surface area contributed by atoms with E-state index in [-0.39, 0.29) is 17.0 Å². The molecule has 162 valence electrons. The number of aryl methyl sites for hydroxylation is 2. The molecule has 0 aromatic heterocycles. The maximum Gasteiger partial charge on any atom is 0.335 e. The molecular weight excluding hydrogens is 434 g/mol. The Kier molecular flexibility index (Phi) is 7.04. The second kappa shape index (κ2) is 9.55. The van der Waals surface area contributed by atoms with Crippen LogP contribution in [-0.2, 0) is 10.0 Å². The van der Waals surface area contributed by atoms with E-state index in [2.05, 4.69) is 0 Å². The van der Waals surface area contributed by atoms with E-state index < -0.39 is 16.0 Å². The summed E-state index contributed by atoms with van der Waals surface area (Å²) in [6.45, 7) is 5.57. The lowest BCUT2D eigenvalue weighted by molar-refractivity contribution is 0.0696. The SMILES string of the molecule is CCN(Sc1ccc(Oc2ccc(C)cc2)cc1)S(=O)(=O)c1ccc(C)c(C(=O)O)c1. The third-order valence-corrected chi connectivity index (χ3v) is 7.95. The van der Waals surface area contributed by atoms with Crippen molar-refractivity contribution >= 4 is 27.9 Å². The maximum atomic E-state index is 13.1. The van der Waals surface area contributed by atoms with Gasteiger partial charge in [-0.05, 0) is 79.9 Å². The summed E-state index contributed by atoms with van der Waals surface area (Å²) in [4.78, 5) is 12.0. The summed E-state index contributed by atoms with van der Waals surface area (Å²) in [6, 6.07) is 18.9. The number of nitrogens with zero attached hydrogens (tertiary/aromatic N) is 1. The standard InChI is InChI=1S/C23H23NO5S2/c1-4-24(31(27,28)21-14-7-17(3)22(15-21)23(25)26)30-20-12-10-19(11-13-20)29-18-8-5-16(2)6-9-18/h5-15H,4H2,1-3H3,(H,25,26). The van der Waals surface area contributed by atoms with Crippen LogP contribution >= 0.6 is 11.9 Å². The summed E-state index contributed by atoms with van der Waals surface area (Å²) in [6.07, 6.45) is 0. The van der Waals surface area contributed by atoms with Crippen LogP contribution in [-0.4, -0.2) is 29.7 Å². The van der Waals surface area contributed by atoms with Gasteiger partial charge in [-0.2, -0.15) is 0 Å². The molecule has 6 nitrogen and oxygen atoms in total. The van der Waals surface area contributed by atoms with Crippen LogP contribution in [0.1, 0.15) is 28.4 Å². The zero-order valence-electron chi connectivity index (χ0n) is 17.4. The van der Waals surface area contributed by atoms with Gasteiger partial charge in [0.2, 0.25) is 0 Å². The number of hydrogen-bond acceptors (Lipinski definition) is 5. The molecule has 0 fully saturated rings. The molecule has 0 spiro atoms. The maximum absolute atomic E-state index is 13.1. The molecule has 0 heterocycles. The first-order valence-corrected chi connectivity index (χ1v) is 11.8. The third kappa shape index (κ3) is 5.46. The average Bonchev–Trinajstić information content (AvgIpc) is 2.74. The Bertz CT molecular complexity index is 1170. The number of carboxylic acid groups (broad SMARTS) is 1. The normalized spacial score (nSPS) is 11.5. The predicted molar refractivity (Wildman–Crippen MR) is 121 cm³/mol. The third-order valence-electron chi connectivity index (χ3n) is 4.55. The molecule has 0 aliphatic carbocycles. The zero-order chi connectivity index (χ0) is 22.6. The van der Waals surface area contributed by atoms with Gasteiger partial charge in [0.15, 0.2) is 0 Å². The topological polar surface area (TPSA) is 83.9 Å². The van der Waals surface area contributed by atoms with Gasteiger partial charge in [-0.3, -0.25) is 0 Å². The average molecular weight is 458 g/mol. The minimum absolute atomic E-state index is 0.0280. The molecule has 0 saturated heterocycles. The van der Waals surface area contributed by atoms with Crippen LogP contribution in [0, 0.1) is 13.8 Å². The first-order chi connectivity index (χ1) is 14.7. The fourth-order valence-corrected chi connectivity index (χ4v) is 5.43. The quantitative estimate of drug-likeness (QED) is 0.449. The Labute approximate surface area is 186 Å². The molecule has 0 aliphatic rings. The number of carbonyl (C=O) groups is 1. The Morgan fingerprint density at radius 1 is 0.968 bits per heavy atom. The molecule has 3 rings (SSSR count). The summed E-state index contributed by atoms with van der Waals surface area (Å²) in [5, 5.41) is 9.31. The fourth-order valence-electron chi connectivity index (χ4n) is 2.82. The monoisotopic (exact) mass is 457 g/mol. The highest BCUT2D eigenvalue weighted by Gasteiger charge is 2.26. The van der Waals surface area contributed by atoms with Crippen molar-refractivity contribution in [1.29, 1.82) is 0 Å². The van der Waals surface area contributed by atoms with Gasteiger partial charge in [-0.25, -0.2) is 13.2 Å². The molecule has 0 unspecified atom stereocenters. The summed E-state index contributed by atoms with van der Waals surface area (Å²) >= 11 is 1.07. The van der Waals surface area contributed by atoms with Gasteiger partial charge in [0.25, 0.3) is 10.0 Å². The molecular formula is C23H23NO5S2. The van der Waals surface area contributed by atoms with Crippen LogP contribution in [0.2, 0.25) is 0 Å². The summed E-state index contributed by atoms with van der Waals surface area (Å²) in [7, 11) is -3.88. The smallest absolute Gasteiger partial charge is 0.335 e. The van der Waals surface area contributed by atoms with E-state index in [0.717, 1.165) is 23.3 Å². The number of aromatic carboxylic acids is 1. The number of ether oxygens (including phenoxy) is 1. The van der Waals surface area contributed by atoms with Gasteiger partial charge >= 0.3 is 5.97 Å². The molecule has 3 aromatic rings. The molecule has 3 aromatic carbocycles. The van der Waals surface area contributed by atoms with Gasteiger partial charge in [0.05, 0.1) is 10.5 Å². The van der Waals surface area contributed by atoms with E-state index in [9.17, 15) is 18.3 Å². The molecule has 8 heteroatoms. The van der Waals surface area contributed by atoms with Crippen LogP contribution in [0.5, 0.6) is 11.5 Å². The summed E-state index contributed by atoms with van der Waals surface area (Å²) in [5.74, 6) is 0.204. The van der Waals surface area contributed by atoms with Gasteiger partial charge in [0.1, 0.15) is 11.5 Å². The number of hydrogen-bond donors (Lipinski definition) is 1. The van der Waals surface area contributed by atoms with Crippen molar-refractivity contribution in [3.05, 3.63) is 83.4 Å². The molecule has 1 N–H and O–H groups in total. The number of benzene rings is 3. The van der Waals surface area contributed by atoms with E-state index in [0.29, 0.717) is 16.2 Å². The highest BCUT2D eigenvalue weighted by atomic mass is 32.3. The second-order valence-electron chi connectivity index (χ2n) is 6.88. The first-order valence-electron chi connectivity index (χ1n) is 9.60. The molecule has 0 bridgehead atoms. The number of rotatable bonds is 8. The summed E-state index contributed by atoms with van der Waals surface area (Å²) < 4.78 is 33.2. The molecule has 0 aliphatic heterocycles. The van der Waals surface area contributed by atoms with Gasteiger partial charge in [0, 0.05) is 11.4 Å². The van der Waals surface area contributed by atoms with Crippen LogP contribution in [0.3, 0.4) is 0 Å². The van der Waals surface area contributed by atoms with Crippen LogP contribution < -0.4 is 4.74 Å². The summed E-state index contributed by atoms with van der Waals surface area (Å²) in [5.41, 5.74) is 1.62. The molecule has 0 radical (unpaired) electrons. The number of sulfonamides is 1. The highest BCUT2D eigenvalue weighted by Crippen LogP contribution is 2.32. The van der Waals surface area contributed by atoms with Crippen molar-refractivity contribution < 1.29 is 23.1 Å². The lowest BCUT2D eigenvalue weighted by Crippen LogP contribution is -2.24. The van der Waals surface area contributed by atoms with Crippen molar-refractivity contribution in [2.45, 2.75) is 30.6 Å². The molecule has 31 heavy (non-hydrogen) atoms. The van der Waals surface area contributed by atoms with Crippen molar-refractivity contribution in [2.75, 3.05) is 6.54 Å². The largest absolute Gasteiger partial charge is 0.478 e. The first kappa shape index (κ1) is 22.9. The second-order valence-corrected chi connectivity index (χ2v) is 10.1. The Hall–Kier alpha value is -2.81. The molecule has 0 amide bonds. The molecule has 0 atom stereocenters. The Morgan fingerprint density at radius 3 is 2.10 bits per heavy atom. The van der Waals surface area contributed by atoms with Crippen molar-refractivity contribution in [2.24, 2.45) is 0 Å². The minimum Gasteiger partial charge on any atom is -0.478 e. The van der Waals surface area contributed by atoms with Crippen LogP contribution in [0.25, 0.3) is 0 Å². The van der Waals surface area contributed by atoms with E-state index in [1.54, 1.807) is 38.1 Å². The van der Waals surface area contributed by atoms with E-state index in [1.807, 2.05) is 31.2 Å². The van der Waals surface area contributed by atoms with E-state index >= 15 is 0 Å². The lowest BCUT2D eigenvalue weighted by atomic mass is 10.1. The molecule has 0 saturated carbocycles. The van der Waals surface area contributed by atoms with Gasteiger partial charge in [-0.15, -0.1) is 3.71 Å². The van der Waals surface area contributed by atoms with Crippen molar-refractivity contribution in [1.82, 2.24) is 3.71 Å². The zero-order valence-corrected chi connectivity index (χ0v) is 19.0. The highest BCUT2D eigenvalue weighted by molar-refractivity contribution is 8.08. The lowest BCUT2D eigenvalue weighted by Gasteiger charge is -2.20. The Balaban J connectivity index is 1.77. The van der Waals surface area contributed by atoms with E-state index in [4.69, 9.17) is 4.74 Å². The fraction of sp³-hybridized carbons (Fsp3) is 0.174. The van der Waals surface area contributed by atoms with Crippen LogP contribution in [0.15, 0.2) is 76.5 Å². The minimum atomic E-state index is -3.88. The van der Waals surface area contributed by atoms with Gasteiger partial charge < -0.3 is 9.84 Å². The van der Waals surface area contributed by atoms with Crippen molar-refractivity contribution in [3.8, 4) is 11.5 Å². The predicted octanol–water partition coefficient (Wildman–Crippen LogP) is 5.51. The van der Waals surface area contributed by atoms with Crippen LogP contribution in [0.4, 0.5) is 0 Å². The number of carboxylic acids is 1. The van der Waals surface area contributed by atoms with Gasteiger partial charge in [-0.1, -0.05) is 30.7 Å². The van der Waals surface area contributed by atoms with E-state index in [1.165, 1.54) is 21.9 Å². The Morgan fingerprint density at radius 2 is 1.55 bits per heavy atom. The van der Waals surface area contributed by atoms with Crippen molar-refractivity contribution in [3.63, 3.8) is 0 Å².